The summed E-state index contributed by atoms with van der Waals surface area (Å²) in [4.78, 5) is 20.6. The van der Waals surface area contributed by atoms with Crippen LogP contribution in [0.4, 0.5) is 17.3 Å². The topological polar surface area (TPSA) is 102 Å². The van der Waals surface area contributed by atoms with Crippen molar-refractivity contribution < 1.29 is 14.1 Å². The van der Waals surface area contributed by atoms with Crippen molar-refractivity contribution in [1.82, 2.24) is 15.1 Å². The molecule has 0 spiro atoms. The van der Waals surface area contributed by atoms with E-state index in [1.165, 1.54) is 12.4 Å². The first-order chi connectivity index (χ1) is 12.0. The van der Waals surface area contributed by atoms with Gasteiger partial charge in [-0.15, -0.1) is 0 Å². The smallest absolute Gasteiger partial charge is 0.274 e. The van der Waals surface area contributed by atoms with Gasteiger partial charge in [0.25, 0.3) is 5.91 Å². The van der Waals surface area contributed by atoms with Crippen LogP contribution in [0.15, 0.2) is 41.2 Å². The Morgan fingerprint density at radius 2 is 1.96 bits per heavy atom. The molecule has 0 radical (unpaired) electrons. The van der Waals surface area contributed by atoms with Crippen LogP contribution >= 0.6 is 0 Å². The Balaban J connectivity index is 1.78. The first kappa shape index (κ1) is 16.4. The van der Waals surface area contributed by atoms with Crippen molar-refractivity contribution in [3.63, 3.8) is 0 Å². The molecule has 0 saturated heterocycles. The molecule has 128 valence electrons. The van der Waals surface area contributed by atoms with Gasteiger partial charge in [-0.2, -0.15) is 0 Å². The van der Waals surface area contributed by atoms with Crippen LogP contribution in [-0.4, -0.2) is 28.1 Å². The van der Waals surface area contributed by atoms with Gasteiger partial charge in [-0.25, -0.2) is 9.97 Å². The predicted molar refractivity (Wildman–Crippen MR) is 92.2 cm³/mol. The van der Waals surface area contributed by atoms with Gasteiger partial charge in [-0.05, 0) is 31.5 Å². The van der Waals surface area contributed by atoms with E-state index in [0.717, 1.165) is 5.56 Å². The number of anilines is 3. The highest BCUT2D eigenvalue weighted by Crippen LogP contribution is 2.25. The molecule has 2 N–H and O–H groups in total. The van der Waals surface area contributed by atoms with E-state index in [4.69, 9.17) is 9.26 Å². The number of ether oxygens (including phenoxy) is 1. The monoisotopic (exact) mass is 339 g/mol. The highest BCUT2D eigenvalue weighted by Gasteiger charge is 2.13. The van der Waals surface area contributed by atoms with E-state index in [-0.39, 0.29) is 11.6 Å². The number of aromatic nitrogens is 3. The molecule has 0 unspecified atom stereocenters. The molecule has 1 aromatic carbocycles. The minimum Gasteiger partial charge on any atom is -0.495 e. The number of nitrogens with zero attached hydrogens (tertiary/aromatic N) is 3. The summed E-state index contributed by atoms with van der Waals surface area (Å²) in [6.45, 7) is 3.72. The van der Waals surface area contributed by atoms with Crippen LogP contribution in [0.3, 0.4) is 0 Å². The Morgan fingerprint density at radius 1 is 1.12 bits per heavy atom. The van der Waals surface area contributed by atoms with Gasteiger partial charge in [0.2, 0.25) is 0 Å². The summed E-state index contributed by atoms with van der Waals surface area (Å²) in [5.74, 6) is 1.81. The quantitative estimate of drug-likeness (QED) is 0.736. The predicted octanol–water partition coefficient (Wildman–Crippen LogP) is 3.09. The third-order valence-electron chi connectivity index (χ3n) is 3.39. The summed E-state index contributed by atoms with van der Waals surface area (Å²) in [5, 5.41) is 9.57. The molecule has 0 aliphatic heterocycles. The van der Waals surface area contributed by atoms with E-state index in [0.29, 0.717) is 28.8 Å². The molecule has 8 heteroatoms. The van der Waals surface area contributed by atoms with Gasteiger partial charge < -0.3 is 19.9 Å². The lowest BCUT2D eigenvalue weighted by molar-refractivity contribution is 0.102. The van der Waals surface area contributed by atoms with E-state index < -0.39 is 0 Å². The van der Waals surface area contributed by atoms with Crippen molar-refractivity contribution >= 4 is 23.2 Å². The fraction of sp³-hybridized carbons (Fsp3) is 0.176. The largest absolute Gasteiger partial charge is 0.495 e. The van der Waals surface area contributed by atoms with Gasteiger partial charge in [0, 0.05) is 12.1 Å². The lowest BCUT2D eigenvalue weighted by Crippen LogP contribution is -2.15. The number of hydrogen-bond acceptors (Lipinski definition) is 7. The fourth-order valence-corrected chi connectivity index (χ4v) is 2.21. The number of carbonyl (C=O) groups excluding carboxylic acids is 1. The molecule has 0 aliphatic rings. The van der Waals surface area contributed by atoms with Gasteiger partial charge in [-0.3, -0.25) is 4.79 Å². The van der Waals surface area contributed by atoms with Crippen LogP contribution in [0.25, 0.3) is 0 Å². The Labute approximate surface area is 144 Å². The minimum absolute atomic E-state index is 0.210. The molecule has 3 aromatic rings. The highest BCUT2D eigenvalue weighted by atomic mass is 16.5. The van der Waals surface area contributed by atoms with E-state index >= 15 is 0 Å². The normalized spacial score (nSPS) is 10.4. The van der Waals surface area contributed by atoms with Crippen molar-refractivity contribution in [2.24, 2.45) is 0 Å². The molecule has 0 bridgehead atoms. The second-order valence-electron chi connectivity index (χ2n) is 5.39. The fourth-order valence-electron chi connectivity index (χ4n) is 2.21. The van der Waals surface area contributed by atoms with Gasteiger partial charge in [0.05, 0.1) is 12.8 Å². The van der Waals surface area contributed by atoms with Crippen LogP contribution in [0.2, 0.25) is 0 Å². The van der Waals surface area contributed by atoms with Crippen molar-refractivity contribution in [3.05, 3.63) is 53.7 Å². The standard InChI is InChI=1S/C17H17N5O3/c1-10-4-5-14(24-3)12(6-10)20-17(23)13-8-15(19-9-18-13)21-16-7-11(2)25-22-16/h4-9H,1-3H3,(H,20,23)(H,18,19,21,22). The maximum Gasteiger partial charge on any atom is 0.274 e. The zero-order valence-corrected chi connectivity index (χ0v) is 14.0. The maximum atomic E-state index is 12.5. The molecule has 2 heterocycles. The number of benzene rings is 1. The number of rotatable bonds is 5. The molecule has 0 aliphatic carbocycles. The summed E-state index contributed by atoms with van der Waals surface area (Å²) in [7, 11) is 1.55. The van der Waals surface area contributed by atoms with Gasteiger partial charge in [0.1, 0.15) is 29.3 Å². The van der Waals surface area contributed by atoms with Crippen molar-refractivity contribution in [1.29, 1.82) is 0 Å². The van der Waals surface area contributed by atoms with Gasteiger partial charge in [-0.1, -0.05) is 11.2 Å². The minimum atomic E-state index is -0.370. The lowest BCUT2D eigenvalue weighted by atomic mass is 10.2. The molecule has 25 heavy (non-hydrogen) atoms. The Hall–Kier alpha value is -3.42. The first-order valence-corrected chi connectivity index (χ1v) is 7.53. The zero-order chi connectivity index (χ0) is 17.8. The number of aryl methyl sites for hydroxylation is 2. The average molecular weight is 339 g/mol. The van der Waals surface area contributed by atoms with E-state index in [2.05, 4.69) is 25.8 Å². The summed E-state index contributed by atoms with van der Waals surface area (Å²) < 4.78 is 10.2. The second-order valence-corrected chi connectivity index (χ2v) is 5.39. The van der Waals surface area contributed by atoms with Crippen LogP contribution in [0, 0.1) is 13.8 Å². The van der Waals surface area contributed by atoms with Crippen molar-refractivity contribution in [3.8, 4) is 5.75 Å². The molecular formula is C17H17N5O3. The molecule has 2 aromatic heterocycles. The molecule has 1 amide bonds. The van der Waals surface area contributed by atoms with Crippen LogP contribution in [-0.2, 0) is 0 Å². The number of nitrogens with one attached hydrogen (secondary N) is 2. The number of methoxy groups -OCH3 is 1. The van der Waals surface area contributed by atoms with Gasteiger partial charge >= 0.3 is 0 Å². The summed E-state index contributed by atoms with van der Waals surface area (Å²) >= 11 is 0. The van der Waals surface area contributed by atoms with Crippen molar-refractivity contribution in [2.75, 3.05) is 17.7 Å². The average Bonchev–Trinajstić information content (AvgIpc) is 3.00. The summed E-state index contributed by atoms with van der Waals surface area (Å²) in [6.07, 6.45) is 1.30. The van der Waals surface area contributed by atoms with Crippen LogP contribution in [0.1, 0.15) is 21.8 Å². The van der Waals surface area contributed by atoms with Gasteiger partial charge in [0.15, 0.2) is 5.82 Å². The number of carbonyl (C=O) groups is 1. The zero-order valence-electron chi connectivity index (χ0n) is 14.0. The van der Waals surface area contributed by atoms with Crippen molar-refractivity contribution in [2.45, 2.75) is 13.8 Å². The lowest BCUT2D eigenvalue weighted by Gasteiger charge is -2.11. The molecule has 8 nitrogen and oxygen atoms in total. The molecular weight excluding hydrogens is 322 g/mol. The highest BCUT2D eigenvalue weighted by molar-refractivity contribution is 6.04. The SMILES string of the molecule is COc1ccc(C)cc1NC(=O)c1cc(Nc2cc(C)on2)ncn1. The Bertz CT molecular complexity index is 907. The third-order valence-corrected chi connectivity index (χ3v) is 3.39. The molecule has 3 rings (SSSR count). The summed E-state index contributed by atoms with van der Waals surface area (Å²) in [5.41, 5.74) is 1.79. The first-order valence-electron chi connectivity index (χ1n) is 7.53. The molecule has 0 fully saturated rings. The summed E-state index contributed by atoms with van der Waals surface area (Å²) in [6, 6.07) is 8.78. The second kappa shape index (κ2) is 7.00. The Morgan fingerprint density at radius 3 is 2.68 bits per heavy atom. The Kier molecular flexibility index (Phi) is 4.60. The molecule has 0 atom stereocenters. The van der Waals surface area contributed by atoms with E-state index in [9.17, 15) is 4.79 Å². The van der Waals surface area contributed by atoms with Crippen LogP contribution in [0.5, 0.6) is 5.75 Å². The number of hydrogen-bond donors (Lipinski definition) is 2. The van der Waals surface area contributed by atoms with E-state index in [1.807, 2.05) is 19.1 Å². The van der Waals surface area contributed by atoms with E-state index in [1.54, 1.807) is 26.2 Å². The maximum absolute atomic E-state index is 12.5. The molecule has 0 saturated carbocycles. The third kappa shape index (κ3) is 3.92. The number of amides is 1. The van der Waals surface area contributed by atoms with Crippen LogP contribution < -0.4 is 15.4 Å².